The first-order chi connectivity index (χ1) is 13.1. The Balaban J connectivity index is 1.83. The summed E-state index contributed by atoms with van der Waals surface area (Å²) in [6.45, 7) is 3.54. The summed E-state index contributed by atoms with van der Waals surface area (Å²) < 4.78 is 5.44. The van der Waals surface area contributed by atoms with Crippen LogP contribution in [0.25, 0.3) is 0 Å². The van der Waals surface area contributed by atoms with Gasteiger partial charge in [0, 0.05) is 23.3 Å². The molecule has 1 aliphatic heterocycles. The number of allylic oxidation sites excluding steroid dienone is 2. The zero-order valence-electron chi connectivity index (χ0n) is 16.0. The second-order valence-electron chi connectivity index (χ2n) is 7.25. The molecule has 0 fully saturated rings. The third kappa shape index (κ3) is 3.16. The van der Waals surface area contributed by atoms with Crippen molar-refractivity contribution in [3.8, 4) is 5.75 Å². The molecule has 0 spiro atoms. The van der Waals surface area contributed by atoms with Crippen LogP contribution in [0.1, 0.15) is 43.0 Å². The van der Waals surface area contributed by atoms with Gasteiger partial charge in [-0.15, -0.1) is 0 Å². The lowest BCUT2D eigenvalue weighted by Crippen LogP contribution is -2.28. The minimum Gasteiger partial charge on any atom is -0.497 e. The Morgan fingerprint density at radius 1 is 1.19 bits per heavy atom. The minimum atomic E-state index is 0.0384. The Morgan fingerprint density at radius 3 is 2.67 bits per heavy atom. The molecule has 0 amide bonds. The average Bonchev–Trinajstić information content (AvgIpc) is 3.08. The van der Waals surface area contributed by atoms with Crippen LogP contribution in [-0.4, -0.2) is 23.6 Å². The van der Waals surface area contributed by atoms with Gasteiger partial charge in [0.15, 0.2) is 5.78 Å². The number of ether oxygens (including phenoxy) is 1. The SMILES string of the molecule is COc1ccc2c(c1)C1=NN(/C(C)=C/C(C)=O)[C@H](c3ccccc3)[C@H]1CC2. The number of hydrogen-bond acceptors (Lipinski definition) is 4. The predicted molar refractivity (Wildman–Crippen MR) is 107 cm³/mol. The van der Waals surface area contributed by atoms with E-state index in [2.05, 4.69) is 36.4 Å². The normalized spacial score (nSPS) is 21.4. The molecule has 4 heteroatoms. The Morgan fingerprint density at radius 2 is 1.96 bits per heavy atom. The number of benzene rings is 2. The van der Waals surface area contributed by atoms with E-state index in [0.29, 0.717) is 5.92 Å². The van der Waals surface area contributed by atoms with Gasteiger partial charge in [0.1, 0.15) is 5.75 Å². The first-order valence-electron chi connectivity index (χ1n) is 9.37. The van der Waals surface area contributed by atoms with Crippen molar-refractivity contribution in [2.75, 3.05) is 7.11 Å². The van der Waals surface area contributed by atoms with Crippen LogP contribution < -0.4 is 4.74 Å². The highest BCUT2D eigenvalue weighted by atomic mass is 16.5. The summed E-state index contributed by atoms with van der Waals surface area (Å²) in [5.41, 5.74) is 5.68. The number of hydrazone groups is 1. The van der Waals surface area contributed by atoms with Gasteiger partial charge in [0.05, 0.1) is 18.9 Å². The number of rotatable bonds is 4. The van der Waals surface area contributed by atoms with Crippen molar-refractivity contribution >= 4 is 11.5 Å². The lowest BCUT2D eigenvalue weighted by molar-refractivity contribution is -0.112. The Bertz CT molecular complexity index is 931. The largest absolute Gasteiger partial charge is 0.497 e. The molecule has 27 heavy (non-hydrogen) atoms. The van der Waals surface area contributed by atoms with E-state index in [4.69, 9.17) is 9.84 Å². The van der Waals surface area contributed by atoms with Gasteiger partial charge in [0.25, 0.3) is 0 Å². The van der Waals surface area contributed by atoms with Gasteiger partial charge in [-0.3, -0.25) is 9.80 Å². The molecule has 0 unspecified atom stereocenters. The van der Waals surface area contributed by atoms with Gasteiger partial charge in [-0.1, -0.05) is 36.4 Å². The van der Waals surface area contributed by atoms with Crippen LogP contribution in [0.4, 0.5) is 0 Å². The van der Waals surface area contributed by atoms with Crippen molar-refractivity contribution in [2.45, 2.75) is 32.7 Å². The fraction of sp³-hybridized carbons (Fsp3) is 0.304. The summed E-state index contributed by atoms with van der Waals surface area (Å²) in [4.78, 5) is 11.7. The van der Waals surface area contributed by atoms with E-state index in [-0.39, 0.29) is 11.8 Å². The molecule has 0 bridgehead atoms. The third-order valence-electron chi connectivity index (χ3n) is 5.44. The molecular formula is C23H24N2O2. The number of carbonyl (C=O) groups excluding carboxylic acids is 1. The van der Waals surface area contributed by atoms with E-state index in [0.717, 1.165) is 30.0 Å². The van der Waals surface area contributed by atoms with Crippen LogP contribution in [-0.2, 0) is 11.2 Å². The Labute approximate surface area is 160 Å². The maximum atomic E-state index is 11.7. The maximum absolute atomic E-state index is 11.7. The van der Waals surface area contributed by atoms with Crippen molar-refractivity contribution in [1.82, 2.24) is 5.01 Å². The third-order valence-corrected chi connectivity index (χ3v) is 5.44. The molecule has 0 saturated carbocycles. The van der Waals surface area contributed by atoms with Gasteiger partial charge in [-0.05, 0) is 49.9 Å². The van der Waals surface area contributed by atoms with Crippen LogP contribution >= 0.6 is 0 Å². The molecule has 0 saturated heterocycles. The standard InChI is InChI=1S/C23H24N2O2/c1-15(13-16(2)26)25-23(18-7-5-4-6-8-18)20-12-10-17-9-11-19(27-3)14-21(17)22(20)24-25/h4-9,11,13-14,20,23H,10,12H2,1-3H3/b15-13+/t20-,23+/m0/s1. The molecular weight excluding hydrogens is 336 g/mol. The Kier molecular flexibility index (Phi) is 4.56. The molecule has 1 aliphatic carbocycles. The quantitative estimate of drug-likeness (QED) is 0.753. The number of fused-ring (bicyclic) bond motifs is 3. The number of methoxy groups -OCH3 is 1. The molecule has 2 aromatic rings. The summed E-state index contributed by atoms with van der Waals surface area (Å²) in [7, 11) is 1.69. The topological polar surface area (TPSA) is 41.9 Å². The zero-order valence-corrected chi connectivity index (χ0v) is 16.0. The van der Waals surface area contributed by atoms with Crippen molar-refractivity contribution in [3.05, 3.63) is 77.0 Å². The predicted octanol–water partition coefficient (Wildman–Crippen LogP) is 4.51. The van der Waals surface area contributed by atoms with E-state index in [1.54, 1.807) is 20.1 Å². The Hall–Kier alpha value is -2.88. The van der Waals surface area contributed by atoms with Gasteiger partial charge in [0.2, 0.25) is 0 Å². The first kappa shape index (κ1) is 17.5. The molecule has 0 aromatic heterocycles. The molecule has 0 N–H and O–H groups in total. The summed E-state index contributed by atoms with van der Waals surface area (Å²) in [5, 5.41) is 7.04. The molecule has 2 aliphatic rings. The van der Waals surface area contributed by atoms with E-state index >= 15 is 0 Å². The fourth-order valence-electron chi connectivity index (χ4n) is 4.25. The van der Waals surface area contributed by atoms with Crippen LogP contribution in [0.5, 0.6) is 5.75 Å². The van der Waals surface area contributed by atoms with Crippen molar-refractivity contribution in [2.24, 2.45) is 11.0 Å². The van der Waals surface area contributed by atoms with E-state index in [9.17, 15) is 4.79 Å². The van der Waals surface area contributed by atoms with E-state index < -0.39 is 0 Å². The van der Waals surface area contributed by atoms with Gasteiger partial charge >= 0.3 is 0 Å². The number of hydrogen-bond donors (Lipinski definition) is 0. The second kappa shape index (κ2) is 7.03. The highest BCUT2D eigenvalue weighted by Crippen LogP contribution is 2.45. The number of ketones is 1. The average molecular weight is 360 g/mol. The highest BCUT2D eigenvalue weighted by Gasteiger charge is 2.42. The van der Waals surface area contributed by atoms with Crippen LogP contribution in [0.2, 0.25) is 0 Å². The smallest absolute Gasteiger partial charge is 0.154 e. The number of carbonyl (C=O) groups is 1. The first-order valence-corrected chi connectivity index (χ1v) is 9.37. The molecule has 4 rings (SSSR count). The zero-order chi connectivity index (χ0) is 19.0. The van der Waals surface area contributed by atoms with Crippen LogP contribution in [0, 0.1) is 5.92 Å². The lowest BCUT2D eigenvalue weighted by atomic mass is 9.77. The summed E-state index contributed by atoms with van der Waals surface area (Å²) >= 11 is 0. The molecule has 2 aromatic carbocycles. The van der Waals surface area contributed by atoms with E-state index in [1.807, 2.05) is 24.1 Å². The molecule has 1 heterocycles. The van der Waals surface area contributed by atoms with Crippen molar-refractivity contribution in [1.29, 1.82) is 0 Å². The highest BCUT2D eigenvalue weighted by molar-refractivity contribution is 6.06. The molecule has 4 nitrogen and oxygen atoms in total. The van der Waals surface area contributed by atoms with Crippen molar-refractivity contribution < 1.29 is 9.53 Å². The van der Waals surface area contributed by atoms with Gasteiger partial charge in [-0.2, -0.15) is 5.10 Å². The lowest BCUT2D eigenvalue weighted by Gasteiger charge is -2.31. The fourth-order valence-corrected chi connectivity index (χ4v) is 4.25. The number of nitrogens with zero attached hydrogens (tertiary/aromatic N) is 2. The number of aryl methyl sites for hydroxylation is 1. The van der Waals surface area contributed by atoms with E-state index in [1.165, 1.54) is 16.7 Å². The molecule has 138 valence electrons. The van der Waals surface area contributed by atoms with Crippen molar-refractivity contribution in [3.63, 3.8) is 0 Å². The molecule has 0 radical (unpaired) electrons. The summed E-state index contributed by atoms with van der Waals surface area (Å²) in [6, 6.07) is 16.8. The maximum Gasteiger partial charge on any atom is 0.154 e. The van der Waals surface area contributed by atoms with Gasteiger partial charge < -0.3 is 4.74 Å². The summed E-state index contributed by atoms with van der Waals surface area (Å²) in [5.74, 6) is 1.18. The minimum absolute atomic E-state index is 0.0384. The second-order valence-corrected chi connectivity index (χ2v) is 7.25. The molecule has 2 atom stereocenters. The van der Waals surface area contributed by atoms with Crippen LogP contribution in [0.15, 0.2) is 65.4 Å². The summed E-state index contributed by atoms with van der Waals surface area (Å²) in [6.07, 6.45) is 3.74. The monoisotopic (exact) mass is 360 g/mol. The van der Waals surface area contributed by atoms with Gasteiger partial charge in [-0.25, -0.2) is 0 Å². The van der Waals surface area contributed by atoms with Crippen LogP contribution in [0.3, 0.4) is 0 Å².